The van der Waals surface area contributed by atoms with Crippen LogP contribution in [0.5, 0.6) is 0 Å². The zero-order valence-corrected chi connectivity index (χ0v) is 32.1. The van der Waals surface area contributed by atoms with Crippen LogP contribution in [0.2, 0.25) is 0 Å². The van der Waals surface area contributed by atoms with Crippen molar-refractivity contribution in [2.75, 3.05) is 11.5 Å². The maximum absolute atomic E-state index is 13.0. The van der Waals surface area contributed by atoms with Gasteiger partial charge in [0, 0.05) is 97.7 Å². The van der Waals surface area contributed by atoms with Crippen LogP contribution in [-0.2, 0) is 60.0 Å². The lowest BCUT2D eigenvalue weighted by atomic mass is 9.98. The minimum absolute atomic E-state index is 0.107. The van der Waals surface area contributed by atoms with E-state index < -0.39 is 44.0 Å². The van der Waals surface area contributed by atoms with E-state index in [0.29, 0.717) is 63.0 Å². The van der Waals surface area contributed by atoms with Gasteiger partial charge in [0.2, 0.25) is 0 Å². The van der Waals surface area contributed by atoms with Crippen LogP contribution < -0.4 is 10.6 Å². The number of aliphatic carboxylic acids is 2. The van der Waals surface area contributed by atoms with Crippen LogP contribution in [0.1, 0.15) is 99.4 Å². The van der Waals surface area contributed by atoms with Crippen LogP contribution in [0.15, 0.2) is 33.7 Å². The van der Waals surface area contributed by atoms with Gasteiger partial charge < -0.3 is 30.8 Å². The van der Waals surface area contributed by atoms with Crippen LogP contribution in [0, 0.1) is 13.8 Å². The number of hydrogen-bond donors (Lipinski definition) is 6. The molecule has 276 valence electrons. The van der Waals surface area contributed by atoms with Crippen LogP contribution in [-0.4, -0.2) is 74.4 Å². The Morgan fingerprint density at radius 1 is 0.686 bits per heavy atom. The maximum atomic E-state index is 13.0. The minimum Gasteiger partial charge on any atom is -0.481 e. The fourth-order valence-electron chi connectivity index (χ4n) is 6.87. The molecule has 0 radical (unpaired) electrons. The molecule has 2 aliphatic heterocycles. The average molecular weight is 741 g/mol. The predicted octanol–water partition coefficient (Wildman–Crippen LogP) is 4.47. The molecule has 0 aliphatic carbocycles. The monoisotopic (exact) mass is 740 g/mol. The number of nitrogens with one attached hydrogen (secondary N) is 4. The first-order valence-electron chi connectivity index (χ1n) is 17.1. The van der Waals surface area contributed by atoms with Gasteiger partial charge in [0.15, 0.2) is 0 Å². The number of hydrogen-bond acceptors (Lipinski definition) is 6. The molecule has 51 heavy (non-hydrogen) atoms. The Bertz CT molecular complexity index is 1820. The Kier molecular flexibility index (Phi) is 12.7. The van der Waals surface area contributed by atoms with E-state index in [1.807, 2.05) is 53.7 Å². The highest BCUT2D eigenvalue weighted by Crippen LogP contribution is 2.33. The molecule has 2 aliphatic rings. The summed E-state index contributed by atoms with van der Waals surface area (Å²) >= 11 is 0. The minimum atomic E-state index is -1.21. The second-order valence-electron chi connectivity index (χ2n) is 12.9. The highest BCUT2D eigenvalue weighted by Gasteiger charge is 2.33. The van der Waals surface area contributed by atoms with Gasteiger partial charge in [-0.2, -0.15) is 0 Å². The van der Waals surface area contributed by atoms with Gasteiger partial charge in [0.1, 0.15) is 0 Å². The molecule has 6 N–H and O–H groups in total. The van der Waals surface area contributed by atoms with Crippen LogP contribution in [0.25, 0.3) is 12.2 Å². The van der Waals surface area contributed by atoms with Crippen molar-refractivity contribution in [1.29, 1.82) is 0 Å². The van der Waals surface area contributed by atoms with Crippen LogP contribution >= 0.6 is 0 Å². The number of carbonyl (C=O) groups excluding carboxylic acids is 2. The third-order valence-electron chi connectivity index (χ3n) is 9.89. The van der Waals surface area contributed by atoms with Crippen molar-refractivity contribution in [2.45, 2.75) is 98.0 Å². The molecule has 0 spiro atoms. The first-order chi connectivity index (χ1) is 24.0. The highest BCUT2D eigenvalue weighted by atomic mass is 32.2. The molecule has 14 heteroatoms. The number of amides is 2. The quantitative estimate of drug-likeness (QED) is 0.145. The molecule has 4 rings (SSSR count). The van der Waals surface area contributed by atoms with Crippen molar-refractivity contribution in [3.05, 3.63) is 78.7 Å². The zero-order chi connectivity index (χ0) is 37.9. The molecule has 0 aromatic carbocycles. The predicted molar refractivity (Wildman–Crippen MR) is 200 cm³/mol. The largest absolute Gasteiger partial charge is 0.481 e. The Labute approximate surface area is 303 Å². The van der Waals surface area contributed by atoms with E-state index in [-0.39, 0.29) is 37.5 Å². The second kappa shape index (κ2) is 16.4. The molecule has 4 unspecified atom stereocenters. The molecular weight excluding hydrogens is 693 g/mol. The lowest BCUT2D eigenvalue weighted by Gasteiger charge is -2.10. The Morgan fingerprint density at radius 3 is 1.35 bits per heavy atom. The molecular formula is C37H48N4O8S2. The number of aromatic amines is 2. The first-order valence-corrected chi connectivity index (χ1v) is 19.8. The molecule has 0 bridgehead atoms. The van der Waals surface area contributed by atoms with Crippen molar-refractivity contribution in [1.82, 2.24) is 20.6 Å². The summed E-state index contributed by atoms with van der Waals surface area (Å²) in [6, 6.07) is 0. The van der Waals surface area contributed by atoms with E-state index in [1.54, 1.807) is 13.8 Å². The van der Waals surface area contributed by atoms with Gasteiger partial charge in [-0.3, -0.25) is 27.6 Å². The molecule has 4 heterocycles. The number of carbonyl (C=O) groups is 4. The summed E-state index contributed by atoms with van der Waals surface area (Å²) in [5.41, 5.74) is 9.60. The number of aromatic nitrogens is 2. The molecule has 0 saturated heterocycles. The third kappa shape index (κ3) is 8.44. The lowest BCUT2D eigenvalue weighted by Crippen LogP contribution is -2.25. The molecule has 2 aromatic rings. The van der Waals surface area contributed by atoms with Gasteiger partial charge in [-0.15, -0.1) is 0 Å². The van der Waals surface area contributed by atoms with Crippen LogP contribution in [0.3, 0.4) is 0 Å². The zero-order valence-electron chi connectivity index (χ0n) is 30.4. The Balaban J connectivity index is 1.80. The van der Waals surface area contributed by atoms with Gasteiger partial charge in [0.05, 0.1) is 10.5 Å². The van der Waals surface area contributed by atoms with E-state index in [2.05, 4.69) is 20.6 Å². The van der Waals surface area contributed by atoms with E-state index in [1.165, 1.54) is 0 Å². The molecule has 0 saturated carbocycles. The van der Waals surface area contributed by atoms with Gasteiger partial charge >= 0.3 is 11.9 Å². The summed E-state index contributed by atoms with van der Waals surface area (Å²) in [7, 11) is -2.41. The van der Waals surface area contributed by atoms with Gasteiger partial charge in [0.25, 0.3) is 11.8 Å². The fourth-order valence-corrected chi connectivity index (χ4v) is 8.96. The smallest absolute Gasteiger partial charge is 0.303 e. The second-order valence-corrected chi connectivity index (χ2v) is 17.0. The number of allylic oxidation sites excluding steroid dienone is 2. The highest BCUT2D eigenvalue weighted by molar-refractivity contribution is 7.86. The number of carboxylic acids is 2. The maximum Gasteiger partial charge on any atom is 0.303 e. The van der Waals surface area contributed by atoms with Gasteiger partial charge in [-0.05, 0) is 99.9 Å². The number of rotatable bonds is 16. The van der Waals surface area contributed by atoms with Gasteiger partial charge in [-0.1, -0.05) is 13.8 Å². The van der Waals surface area contributed by atoms with Crippen LogP contribution in [0.4, 0.5) is 0 Å². The Morgan fingerprint density at radius 2 is 1.04 bits per heavy atom. The summed E-state index contributed by atoms with van der Waals surface area (Å²) in [6.45, 7) is 14.6. The first kappa shape index (κ1) is 39.5. The molecule has 4 atom stereocenters. The standard InChI is InChI=1S/C37H48N4O8S2/c1-9-50(48)22(7)34-20(5)28(40-36(34)46)15-26-18(3)24(11-13-32(42)43)30(38-26)17-31-25(12-14-33(44)45)19(4)27(39-31)16-29-21(6)35(37(47)41-29)23(8)51(49)10-2/h15-16,22-23,38-39H,9-14,17H2,1-8H3,(H,40,46)(H,41,47)(H,42,43)(H,44,45)/b28-15-,29-16-. The summed E-state index contributed by atoms with van der Waals surface area (Å²) in [5.74, 6) is -1.63. The Hall–Kier alpha value is -4.30. The van der Waals surface area contributed by atoms with E-state index in [0.717, 1.165) is 33.6 Å². The lowest BCUT2D eigenvalue weighted by molar-refractivity contribution is -0.138. The fraction of sp³-hybridized carbons (Fsp3) is 0.459. The number of carboxylic acid groups (broad SMARTS) is 2. The summed E-state index contributed by atoms with van der Waals surface area (Å²) < 4.78 is 25.1. The molecule has 12 nitrogen and oxygen atoms in total. The van der Waals surface area contributed by atoms with E-state index >= 15 is 0 Å². The summed E-state index contributed by atoms with van der Waals surface area (Å²) in [4.78, 5) is 56.1. The van der Waals surface area contributed by atoms with Crippen molar-refractivity contribution < 1.29 is 37.8 Å². The topological polar surface area (TPSA) is 199 Å². The third-order valence-corrected chi connectivity index (χ3v) is 13.1. The number of H-pyrrole nitrogens is 2. The normalized spacial score (nSPS) is 18.8. The van der Waals surface area contributed by atoms with Crippen molar-refractivity contribution in [3.8, 4) is 0 Å². The van der Waals surface area contributed by atoms with Gasteiger partial charge in [-0.25, -0.2) is 0 Å². The molecule has 0 fully saturated rings. The van der Waals surface area contributed by atoms with E-state index in [4.69, 9.17) is 0 Å². The van der Waals surface area contributed by atoms with E-state index in [9.17, 15) is 37.8 Å². The van der Waals surface area contributed by atoms with Crippen molar-refractivity contribution >= 4 is 57.5 Å². The summed E-state index contributed by atoms with van der Waals surface area (Å²) in [5, 5.41) is 24.0. The van der Waals surface area contributed by atoms with Crippen molar-refractivity contribution in [2.24, 2.45) is 0 Å². The average Bonchev–Trinajstić information content (AvgIpc) is 3.73. The molecule has 2 amide bonds. The van der Waals surface area contributed by atoms with Crippen molar-refractivity contribution in [3.63, 3.8) is 0 Å². The SMILES string of the molecule is CCS(=O)C(C)C1=C(C)/C(=C/c2[nH]c(Cc3[nH]c(/C=C4\NC(=O)C(C(C)S(=O)CC)=C4C)c(C)c3CCC(=O)O)c(CCC(=O)O)c2C)NC1=O. The molecule has 2 aromatic heterocycles. The summed E-state index contributed by atoms with van der Waals surface area (Å²) in [6.07, 6.45) is 4.20.